The molecule has 1 aliphatic heterocycles. The Morgan fingerprint density at radius 2 is 2.04 bits per heavy atom. The van der Waals surface area contributed by atoms with E-state index < -0.39 is 0 Å². The first-order valence-electron chi connectivity index (χ1n) is 7.72. The van der Waals surface area contributed by atoms with Crippen molar-refractivity contribution < 1.29 is 14.3 Å². The number of ether oxygens (including phenoxy) is 2. The van der Waals surface area contributed by atoms with Crippen LogP contribution in [-0.4, -0.2) is 25.3 Å². The van der Waals surface area contributed by atoms with Crippen molar-refractivity contribution in [1.82, 2.24) is 0 Å². The third-order valence-corrected chi connectivity index (χ3v) is 3.41. The molecule has 0 unspecified atom stereocenters. The Kier molecular flexibility index (Phi) is 10.8. The molecule has 0 spiro atoms. The van der Waals surface area contributed by atoms with Crippen LogP contribution in [0.15, 0.2) is 11.1 Å². The largest absolute Gasteiger partial charge is 0.469 e. The van der Waals surface area contributed by atoms with Gasteiger partial charge in [-0.3, -0.25) is 4.79 Å². The van der Waals surface area contributed by atoms with Gasteiger partial charge in [0.1, 0.15) is 6.10 Å². The second-order valence-electron chi connectivity index (χ2n) is 4.96. The number of rotatable bonds is 7. The summed E-state index contributed by atoms with van der Waals surface area (Å²) in [6, 6.07) is 0. The van der Waals surface area contributed by atoms with Crippen molar-refractivity contribution in [2.24, 2.45) is 0 Å². The molecule has 23 heavy (non-hydrogen) atoms. The zero-order valence-corrected chi connectivity index (χ0v) is 14.9. The van der Waals surface area contributed by atoms with Crippen LogP contribution >= 0.6 is 15.9 Å². The van der Waals surface area contributed by atoms with Crippen molar-refractivity contribution in [3.8, 4) is 35.5 Å². The Labute approximate surface area is 147 Å². The molecular formula is C19H21BrO3. The smallest absolute Gasteiger partial charge is 0.305 e. The van der Waals surface area contributed by atoms with Gasteiger partial charge >= 0.3 is 5.97 Å². The zero-order chi connectivity index (χ0) is 16.8. The Morgan fingerprint density at radius 1 is 1.22 bits per heavy atom. The highest BCUT2D eigenvalue weighted by atomic mass is 79.9. The molecule has 0 aromatic heterocycles. The third-order valence-electron chi connectivity index (χ3n) is 3.15. The molecule has 0 bridgehead atoms. The van der Waals surface area contributed by atoms with E-state index in [9.17, 15) is 4.79 Å². The van der Waals surface area contributed by atoms with Gasteiger partial charge in [-0.15, -0.1) is 0 Å². The second-order valence-corrected chi connectivity index (χ2v) is 5.48. The lowest BCUT2D eigenvalue weighted by atomic mass is 10.1. The number of methoxy groups -OCH3 is 1. The summed E-state index contributed by atoms with van der Waals surface area (Å²) >= 11 is 3.17. The van der Waals surface area contributed by atoms with Gasteiger partial charge in [-0.25, -0.2) is 0 Å². The molecular weight excluding hydrogens is 356 g/mol. The van der Waals surface area contributed by atoms with Gasteiger partial charge in [0.2, 0.25) is 0 Å². The fourth-order valence-electron chi connectivity index (χ4n) is 1.85. The Morgan fingerprint density at radius 3 is 2.83 bits per heavy atom. The van der Waals surface area contributed by atoms with E-state index in [1.54, 1.807) is 11.1 Å². The first-order chi connectivity index (χ1) is 11.3. The zero-order valence-electron chi connectivity index (χ0n) is 13.4. The minimum absolute atomic E-state index is 0.0433. The number of unbranched alkanes of at least 4 members (excludes halogenated alkanes) is 3. The van der Waals surface area contributed by atoms with Crippen LogP contribution in [-0.2, 0) is 14.3 Å². The van der Waals surface area contributed by atoms with Gasteiger partial charge < -0.3 is 9.47 Å². The van der Waals surface area contributed by atoms with Crippen molar-refractivity contribution >= 4 is 21.9 Å². The van der Waals surface area contributed by atoms with Crippen molar-refractivity contribution in [3.05, 3.63) is 11.1 Å². The summed E-state index contributed by atoms with van der Waals surface area (Å²) in [5.41, 5.74) is 0. The molecule has 1 rings (SSSR count). The summed E-state index contributed by atoms with van der Waals surface area (Å²) < 4.78 is 10.0. The average Bonchev–Trinajstić information content (AvgIpc) is 3.31. The quantitative estimate of drug-likeness (QED) is 0.295. The van der Waals surface area contributed by atoms with Gasteiger partial charge in [0.15, 0.2) is 0 Å². The molecule has 0 amide bonds. The van der Waals surface area contributed by atoms with E-state index in [1.807, 2.05) is 0 Å². The number of carbonyl (C=O) groups excluding carboxylic acids is 1. The number of hydrogen-bond acceptors (Lipinski definition) is 3. The normalized spacial score (nSPS) is 18.0. The molecule has 122 valence electrons. The van der Waals surface area contributed by atoms with Crippen LogP contribution in [0.25, 0.3) is 0 Å². The summed E-state index contributed by atoms with van der Waals surface area (Å²) in [4.78, 5) is 12.6. The number of epoxide rings is 1. The monoisotopic (exact) mass is 376 g/mol. The summed E-state index contributed by atoms with van der Waals surface area (Å²) in [5.74, 6) is 17.4. The third kappa shape index (κ3) is 10.6. The summed E-state index contributed by atoms with van der Waals surface area (Å²) in [7, 11) is 1.39. The van der Waals surface area contributed by atoms with E-state index in [2.05, 4.69) is 56.2 Å². The highest BCUT2D eigenvalue weighted by Gasteiger charge is 2.36. The molecule has 1 fully saturated rings. The minimum Gasteiger partial charge on any atom is -0.469 e. The summed E-state index contributed by atoms with van der Waals surface area (Å²) in [6.45, 7) is 0. The number of hydrogen-bond donors (Lipinski definition) is 0. The molecule has 0 aromatic carbocycles. The molecule has 0 radical (unpaired) electrons. The number of carbonyl (C=O) groups is 1. The lowest BCUT2D eigenvalue weighted by Crippen LogP contribution is -1.98. The standard InChI is InChI=1S/C19H21BrO3/c1-22-19(21)15-11-7-4-6-10-14-18-17(23-18)13-9-5-2-3-8-12-16-20/h12,16-18H,2,5,7,9,11,13,15H2,1H3/t17-,18-/m0/s1. The van der Waals surface area contributed by atoms with Crippen LogP contribution in [0.2, 0.25) is 0 Å². The maximum atomic E-state index is 10.9. The first kappa shape index (κ1) is 19.4. The highest BCUT2D eigenvalue weighted by Crippen LogP contribution is 2.26. The maximum absolute atomic E-state index is 10.9. The summed E-state index contributed by atoms with van der Waals surface area (Å²) in [5, 5.41) is 0. The van der Waals surface area contributed by atoms with Gasteiger partial charge in [-0.1, -0.05) is 39.6 Å². The first-order valence-corrected chi connectivity index (χ1v) is 8.63. The molecule has 0 aliphatic carbocycles. The van der Waals surface area contributed by atoms with Crippen LogP contribution < -0.4 is 0 Å². The molecule has 2 atom stereocenters. The maximum Gasteiger partial charge on any atom is 0.305 e. The fourth-order valence-corrected chi connectivity index (χ4v) is 1.98. The van der Waals surface area contributed by atoms with E-state index in [4.69, 9.17) is 4.74 Å². The molecule has 1 saturated heterocycles. The Balaban J connectivity index is 2.03. The fraction of sp³-hybridized carbons (Fsp3) is 0.526. The molecule has 0 N–H and O–H groups in total. The number of esters is 1. The minimum atomic E-state index is -0.197. The topological polar surface area (TPSA) is 38.8 Å². The van der Waals surface area contributed by atoms with Gasteiger partial charge in [0.05, 0.1) is 13.2 Å². The van der Waals surface area contributed by atoms with Gasteiger partial charge in [-0.2, -0.15) is 0 Å². The van der Waals surface area contributed by atoms with Crippen LogP contribution in [0.1, 0.15) is 44.9 Å². The van der Waals surface area contributed by atoms with Crippen LogP contribution in [0.4, 0.5) is 0 Å². The van der Waals surface area contributed by atoms with E-state index in [1.165, 1.54) is 7.11 Å². The van der Waals surface area contributed by atoms with Crippen molar-refractivity contribution in [2.45, 2.75) is 57.2 Å². The second kappa shape index (κ2) is 12.8. The predicted octanol–water partition coefficient (Wildman–Crippen LogP) is 3.58. The molecule has 4 heteroatoms. The van der Waals surface area contributed by atoms with Crippen molar-refractivity contribution in [1.29, 1.82) is 0 Å². The molecule has 0 aromatic rings. The van der Waals surface area contributed by atoms with Crippen LogP contribution in [0, 0.1) is 35.5 Å². The highest BCUT2D eigenvalue weighted by molar-refractivity contribution is 9.11. The Hall–Kier alpha value is -1.67. The van der Waals surface area contributed by atoms with Crippen molar-refractivity contribution in [3.63, 3.8) is 0 Å². The molecule has 0 saturated carbocycles. The van der Waals surface area contributed by atoms with Gasteiger partial charge in [0.25, 0.3) is 0 Å². The number of halogens is 1. The van der Waals surface area contributed by atoms with Gasteiger partial charge in [0, 0.05) is 19.3 Å². The lowest BCUT2D eigenvalue weighted by Gasteiger charge is -1.93. The summed E-state index contributed by atoms with van der Waals surface area (Å²) in [6.07, 6.45) is 8.00. The average molecular weight is 377 g/mol. The predicted molar refractivity (Wildman–Crippen MR) is 94.4 cm³/mol. The number of allylic oxidation sites excluding steroid dienone is 1. The molecule has 1 heterocycles. The molecule has 3 nitrogen and oxygen atoms in total. The van der Waals surface area contributed by atoms with E-state index in [-0.39, 0.29) is 18.2 Å². The van der Waals surface area contributed by atoms with E-state index in [0.29, 0.717) is 19.3 Å². The molecule has 1 aliphatic rings. The SMILES string of the molecule is COC(=O)CCCC#CC#C[C@@H]1O[C@H]1CCCCC#CC=CBr. The van der Waals surface area contributed by atoms with E-state index in [0.717, 1.165) is 25.7 Å². The Bertz CT molecular complexity index is 575. The van der Waals surface area contributed by atoms with Crippen LogP contribution in [0.5, 0.6) is 0 Å². The van der Waals surface area contributed by atoms with Crippen LogP contribution in [0.3, 0.4) is 0 Å². The van der Waals surface area contributed by atoms with Gasteiger partial charge in [-0.05, 0) is 48.6 Å². The van der Waals surface area contributed by atoms with Crippen molar-refractivity contribution in [2.75, 3.05) is 7.11 Å². The lowest BCUT2D eigenvalue weighted by molar-refractivity contribution is -0.140. The van der Waals surface area contributed by atoms with E-state index >= 15 is 0 Å².